The van der Waals surface area contributed by atoms with Gasteiger partial charge in [0, 0.05) is 10.9 Å². The third-order valence-electron chi connectivity index (χ3n) is 2.21. The SMILES string of the molecule is CCOC(=O)CCCOc1ccc(Br)cc1OC. The van der Waals surface area contributed by atoms with E-state index < -0.39 is 0 Å². The first-order chi connectivity index (χ1) is 8.67. The molecule has 0 saturated heterocycles. The van der Waals surface area contributed by atoms with E-state index >= 15 is 0 Å². The molecule has 4 nitrogen and oxygen atoms in total. The lowest BCUT2D eigenvalue weighted by Gasteiger charge is -2.10. The second kappa shape index (κ2) is 7.97. The lowest BCUT2D eigenvalue weighted by atomic mass is 10.3. The maximum absolute atomic E-state index is 11.1. The molecule has 0 aliphatic rings. The molecule has 0 aromatic heterocycles. The van der Waals surface area contributed by atoms with E-state index in [-0.39, 0.29) is 5.97 Å². The predicted octanol–water partition coefficient (Wildman–Crippen LogP) is 3.18. The number of ether oxygens (including phenoxy) is 3. The van der Waals surface area contributed by atoms with Gasteiger partial charge in [-0.3, -0.25) is 4.79 Å². The summed E-state index contributed by atoms with van der Waals surface area (Å²) in [4.78, 5) is 11.1. The Morgan fingerprint density at radius 3 is 2.78 bits per heavy atom. The van der Waals surface area contributed by atoms with E-state index in [2.05, 4.69) is 15.9 Å². The molecular formula is C13H17BrO4. The summed E-state index contributed by atoms with van der Waals surface area (Å²) in [5.41, 5.74) is 0. The quantitative estimate of drug-likeness (QED) is 0.572. The van der Waals surface area contributed by atoms with Crippen molar-refractivity contribution >= 4 is 21.9 Å². The molecule has 0 spiro atoms. The van der Waals surface area contributed by atoms with Crippen molar-refractivity contribution in [2.75, 3.05) is 20.3 Å². The molecule has 1 aromatic carbocycles. The molecule has 0 fully saturated rings. The number of halogens is 1. The fourth-order valence-corrected chi connectivity index (χ4v) is 1.73. The first-order valence-electron chi connectivity index (χ1n) is 5.79. The molecule has 1 rings (SSSR count). The predicted molar refractivity (Wildman–Crippen MR) is 72.1 cm³/mol. The number of hydrogen-bond donors (Lipinski definition) is 0. The monoisotopic (exact) mass is 316 g/mol. The Bertz CT molecular complexity index is 393. The van der Waals surface area contributed by atoms with Crippen LogP contribution < -0.4 is 9.47 Å². The van der Waals surface area contributed by atoms with Crippen molar-refractivity contribution in [3.63, 3.8) is 0 Å². The van der Waals surface area contributed by atoms with Gasteiger partial charge in [0.2, 0.25) is 0 Å². The number of benzene rings is 1. The summed E-state index contributed by atoms with van der Waals surface area (Å²) in [6.45, 7) is 2.66. The molecule has 0 aliphatic heterocycles. The third-order valence-corrected chi connectivity index (χ3v) is 2.71. The van der Waals surface area contributed by atoms with E-state index in [1.807, 2.05) is 18.2 Å². The van der Waals surface area contributed by atoms with E-state index in [4.69, 9.17) is 14.2 Å². The molecule has 0 saturated carbocycles. The van der Waals surface area contributed by atoms with Crippen molar-refractivity contribution in [3.05, 3.63) is 22.7 Å². The van der Waals surface area contributed by atoms with Crippen LogP contribution in [0.1, 0.15) is 19.8 Å². The summed E-state index contributed by atoms with van der Waals surface area (Å²) >= 11 is 3.36. The van der Waals surface area contributed by atoms with Crippen molar-refractivity contribution in [3.8, 4) is 11.5 Å². The van der Waals surface area contributed by atoms with Gasteiger partial charge in [0.1, 0.15) is 0 Å². The highest BCUT2D eigenvalue weighted by atomic mass is 79.9. The molecule has 0 atom stereocenters. The van der Waals surface area contributed by atoms with Crippen LogP contribution in [0.2, 0.25) is 0 Å². The fraction of sp³-hybridized carbons (Fsp3) is 0.462. The lowest BCUT2D eigenvalue weighted by molar-refractivity contribution is -0.143. The number of carbonyl (C=O) groups is 1. The van der Waals surface area contributed by atoms with Gasteiger partial charge in [-0.05, 0) is 31.5 Å². The smallest absolute Gasteiger partial charge is 0.305 e. The zero-order chi connectivity index (χ0) is 13.4. The molecule has 5 heteroatoms. The van der Waals surface area contributed by atoms with Crippen LogP contribution in [0.4, 0.5) is 0 Å². The molecule has 0 aliphatic carbocycles. The molecule has 0 heterocycles. The molecule has 0 amide bonds. The van der Waals surface area contributed by atoms with Gasteiger partial charge in [-0.15, -0.1) is 0 Å². The number of methoxy groups -OCH3 is 1. The summed E-state index contributed by atoms with van der Waals surface area (Å²) in [5.74, 6) is 1.15. The Morgan fingerprint density at radius 2 is 2.11 bits per heavy atom. The van der Waals surface area contributed by atoms with Crippen molar-refractivity contribution in [2.24, 2.45) is 0 Å². The van der Waals surface area contributed by atoms with Crippen molar-refractivity contribution in [1.82, 2.24) is 0 Å². The molecule has 1 aromatic rings. The Hall–Kier alpha value is -1.23. The van der Waals surface area contributed by atoms with Crippen LogP contribution in [0.15, 0.2) is 22.7 Å². The lowest BCUT2D eigenvalue weighted by Crippen LogP contribution is -2.07. The Balaban J connectivity index is 2.37. The maximum Gasteiger partial charge on any atom is 0.305 e. The minimum Gasteiger partial charge on any atom is -0.493 e. The largest absolute Gasteiger partial charge is 0.493 e. The second-order valence-electron chi connectivity index (χ2n) is 3.55. The van der Waals surface area contributed by atoms with Crippen molar-refractivity contribution in [2.45, 2.75) is 19.8 Å². The molecule has 0 N–H and O–H groups in total. The third kappa shape index (κ3) is 4.96. The number of carbonyl (C=O) groups excluding carboxylic acids is 1. The molecular weight excluding hydrogens is 300 g/mol. The Kier molecular flexibility index (Phi) is 6.57. The highest BCUT2D eigenvalue weighted by Crippen LogP contribution is 2.30. The minimum absolute atomic E-state index is 0.191. The van der Waals surface area contributed by atoms with E-state index in [1.54, 1.807) is 14.0 Å². The Morgan fingerprint density at radius 1 is 1.33 bits per heavy atom. The van der Waals surface area contributed by atoms with Gasteiger partial charge in [-0.1, -0.05) is 15.9 Å². The molecule has 18 heavy (non-hydrogen) atoms. The van der Waals surface area contributed by atoms with E-state index in [9.17, 15) is 4.79 Å². The highest BCUT2D eigenvalue weighted by molar-refractivity contribution is 9.10. The van der Waals surface area contributed by atoms with E-state index in [1.165, 1.54) is 0 Å². The standard InChI is InChI=1S/C13H17BrO4/c1-3-17-13(15)5-4-8-18-11-7-6-10(14)9-12(11)16-2/h6-7,9H,3-5,8H2,1-2H3. The average Bonchev–Trinajstić information content (AvgIpc) is 2.36. The first kappa shape index (κ1) is 14.8. The average molecular weight is 317 g/mol. The summed E-state index contributed by atoms with van der Waals surface area (Å²) in [6.07, 6.45) is 0.991. The van der Waals surface area contributed by atoms with Gasteiger partial charge in [-0.25, -0.2) is 0 Å². The van der Waals surface area contributed by atoms with Crippen molar-refractivity contribution < 1.29 is 19.0 Å². The van der Waals surface area contributed by atoms with Gasteiger partial charge < -0.3 is 14.2 Å². The number of esters is 1. The first-order valence-corrected chi connectivity index (χ1v) is 6.58. The van der Waals surface area contributed by atoms with E-state index in [0.29, 0.717) is 37.6 Å². The van der Waals surface area contributed by atoms with Crippen LogP contribution >= 0.6 is 15.9 Å². The van der Waals surface area contributed by atoms with Gasteiger partial charge in [0.25, 0.3) is 0 Å². The summed E-state index contributed by atoms with van der Waals surface area (Å²) in [7, 11) is 1.59. The van der Waals surface area contributed by atoms with Gasteiger partial charge in [-0.2, -0.15) is 0 Å². The zero-order valence-electron chi connectivity index (χ0n) is 10.6. The maximum atomic E-state index is 11.1. The van der Waals surface area contributed by atoms with Crippen molar-refractivity contribution in [1.29, 1.82) is 0 Å². The minimum atomic E-state index is -0.191. The Labute approximate surface area is 115 Å². The molecule has 100 valence electrons. The van der Waals surface area contributed by atoms with Gasteiger partial charge in [0.05, 0.1) is 20.3 Å². The fourth-order valence-electron chi connectivity index (χ4n) is 1.39. The van der Waals surface area contributed by atoms with Crippen LogP contribution in [0.5, 0.6) is 11.5 Å². The number of hydrogen-bond acceptors (Lipinski definition) is 4. The van der Waals surface area contributed by atoms with Crippen LogP contribution in [0.25, 0.3) is 0 Å². The van der Waals surface area contributed by atoms with Crippen LogP contribution in [0, 0.1) is 0 Å². The normalized spacial score (nSPS) is 9.94. The van der Waals surface area contributed by atoms with Gasteiger partial charge >= 0.3 is 5.97 Å². The number of rotatable bonds is 7. The topological polar surface area (TPSA) is 44.8 Å². The van der Waals surface area contributed by atoms with Crippen LogP contribution in [-0.4, -0.2) is 26.3 Å². The second-order valence-corrected chi connectivity index (χ2v) is 4.47. The van der Waals surface area contributed by atoms with Gasteiger partial charge in [0.15, 0.2) is 11.5 Å². The van der Waals surface area contributed by atoms with Crippen LogP contribution in [-0.2, 0) is 9.53 Å². The summed E-state index contributed by atoms with van der Waals surface area (Å²) in [5, 5.41) is 0. The highest BCUT2D eigenvalue weighted by Gasteiger charge is 2.06. The molecule has 0 bridgehead atoms. The summed E-state index contributed by atoms with van der Waals surface area (Å²) < 4.78 is 16.5. The molecule has 0 radical (unpaired) electrons. The van der Waals surface area contributed by atoms with Crippen LogP contribution in [0.3, 0.4) is 0 Å². The summed E-state index contributed by atoms with van der Waals surface area (Å²) in [6, 6.07) is 5.54. The van der Waals surface area contributed by atoms with E-state index in [0.717, 1.165) is 4.47 Å². The molecule has 0 unspecified atom stereocenters. The zero-order valence-corrected chi connectivity index (χ0v) is 12.2.